The highest BCUT2D eigenvalue weighted by atomic mass is 35.5. The monoisotopic (exact) mass is 423 g/mol. The van der Waals surface area contributed by atoms with E-state index in [0.29, 0.717) is 10.7 Å². The lowest BCUT2D eigenvalue weighted by atomic mass is 10.1. The Morgan fingerprint density at radius 2 is 1.72 bits per heavy atom. The number of nitrogens with one attached hydrogen (secondary N) is 2. The molecule has 11 heteroatoms. The molecule has 0 spiro atoms. The summed E-state index contributed by atoms with van der Waals surface area (Å²) in [6, 6.07) is 9.50. The summed E-state index contributed by atoms with van der Waals surface area (Å²) in [5.74, 6) is -0.584. The Bertz CT molecular complexity index is 1080. The molecule has 150 valence electrons. The lowest BCUT2D eigenvalue weighted by Gasteiger charge is -2.14. The Kier molecular flexibility index (Phi) is 5.55. The molecule has 7 nitrogen and oxygen atoms in total. The van der Waals surface area contributed by atoms with Gasteiger partial charge in [-0.15, -0.1) is 0 Å². The molecule has 0 unspecified atom stereocenters. The first-order chi connectivity index (χ1) is 13.7. The molecule has 0 saturated carbocycles. The first-order valence-corrected chi connectivity index (χ1v) is 8.50. The van der Waals surface area contributed by atoms with Gasteiger partial charge in [-0.25, -0.2) is 9.97 Å². The van der Waals surface area contributed by atoms with Crippen molar-refractivity contribution in [1.29, 1.82) is 0 Å². The van der Waals surface area contributed by atoms with Crippen molar-refractivity contribution in [3.63, 3.8) is 0 Å². The first-order valence-electron chi connectivity index (χ1n) is 8.12. The number of hydrogen-bond donors (Lipinski definition) is 2. The molecular weight excluding hydrogens is 411 g/mol. The Morgan fingerprint density at radius 1 is 1.07 bits per heavy atom. The second-order valence-electron chi connectivity index (χ2n) is 5.93. The Balaban J connectivity index is 2.02. The zero-order valence-corrected chi connectivity index (χ0v) is 15.5. The van der Waals surface area contributed by atoms with E-state index in [9.17, 15) is 23.3 Å². The normalized spacial score (nSPS) is 11.2. The summed E-state index contributed by atoms with van der Waals surface area (Å²) in [6.07, 6.45) is -3.64. The van der Waals surface area contributed by atoms with Gasteiger partial charge < -0.3 is 10.6 Å². The van der Waals surface area contributed by atoms with E-state index in [1.807, 2.05) is 0 Å². The molecule has 1 aromatic heterocycles. The molecule has 2 aromatic carbocycles. The molecule has 0 aliphatic carbocycles. The maximum absolute atomic E-state index is 13.2. The van der Waals surface area contributed by atoms with Crippen molar-refractivity contribution in [2.75, 3.05) is 10.6 Å². The van der Waals surface area contributed by atoms with Crippen molar-refractivity contribution in [3.8, 4) is 0 Å². The Hall–Kier alpha value is -3.40. The predicted molar refractivity (Wildman–Crippen MR) is 103 cm³/mol. The van der Waals surface area contributed by atoms with Gasteiger partial charge in [0.2, 0.25) is 11.6 Å². The van der Waals surface area contributed by atoms with Gasteiger partial charge in [0.1, 0.15) is 6.33 Å². The molecule has 0 amide bonds. The Morgan fingerprint density at radius 3 is 2.34 bits per heavy atom. The molecule has 0 aliphatic rings. The summed E-state index contributed by atoms with van der Waals surface area (Å²) in [6.45, 7) is 1.79. The molecule has 2 N–H and O–H groups in total. The minimum atomic E-state index is -4.65. The lowest BCUT2D eigenvalue weighted by molar-refractivity contribution is -0.383. The fourth-order valence-electron chi connectivity index (χ4n) is 2.51. The summed E-state index contributed by atoms with van der Waals surface area (Å²) in [5, 5.41) is 17.2. The van der Waals surface area contributed by atoms with Gasteiger partial charge in [0, 0.05) is 10.7 Å². The van der Waals surface area contributed by atoms with Crippen LogP contribution in [0.2, 0.25) is 5.02 Å². The summed E-state index contributed by atoms with van der Waals surface area (Å²) in [5.41, 5.74) is -0.732. The van der Waals surface area contributed by atoms with E-state index in [1.165, 1.54) is 12.1 Å². The van der Waals surface area contributed by atoms with E-state index in [2.05, 4.69) is 20.6 Å². The van der Waals surface area contributed by atoms with Crippen LogP contribution in [0.15, 0.2) is 48.8 Å². The predicted octanol–water partition coefficient (Wildman–Crippen LogP) is 5.85. The van der Waals surface area contributed by atoms with Crippen molar-refractivity contribution in [2.45, 2.75) is 13.1 Å². The second-order valence-corrected chi connectivity index (χ2v) is 6.34. The average Bonchev–Trinajstić information content (AvgIpc) is 2.64. The van der Waals surface area contributed by atoms with Crippen molar-refractivity contribution in [3.05, 3.63) is 75.1 Å². The van der Waals surface area contributed by atoms with E-state index in [0.717, 1.165) is 24.0 Å². The van der Waals surface area contributed by atoms with Crippen LogP contribution in [0.4, 0.5) is 41.9 Å². The summed E-state index contributed by atoms with van der Waals surface area (Å²) < 4.78 is 39.6. The van der Waals surface area contributed by atoms with Crippen molar-refractivity contribution < 1.29 is 18.1 Å². The van der Waals surface area contributed by atoms with Crippen LogP contribution in [-0.4, -0.2) is 14.9 Å². The molecule has 0 saturated heterocycles. The van der Waals surface area contributed by atoms with E-state index in [4.69, 9.17) is 11.6 Å². The molecule has 29 heavy (non-hydrogen) atoms. The first kappa shape index (κ1) is 20.3. The van der Waals surface area contributed by atoms with Gasteiger partial charge >= 0.3 is 11.9 Å². The van der Waals surface area contributed by atoms with Gasteiger partial charge in [-0.1, -0.05) is 29.8 Å². The SMILES string of the molecule is Cc1ccc(Nc2ncnc(Nc3ccccc3C(F)(F)F)c2[N+](=O)[O-])cc1Cl. The number of para-hydroxylation sites is 1. The van der Waals surface area contributed by atoms with Crippen molar-refractivity contribution in [2.24, 2.45) is 0 Å². The number of nitrogens with zero attached hydrogens (tertiary/aromatic N) is 3. The molecule has 0 bridgehead atoms. The number of aryl methyl sites for hydroxylation is 1. The minimum Gasteiger partial charge on any atom is -0.334 e. The molecule has 0 aliphatic heterocycles. The van der Waals surface area contributed by atoms with Gasteiger partial charge in [0.05, 0.1) is 16.2 Å². The lowest BCUT2D eigenvalue weighted by Crippen LogP contribution is -2.10. The molecular formula is C18H13ClF3N5O2. The van der Waals surface area contributed by atoms with Gasteiger partial charge in [-0.3, -0.25) is 10.1 Å². The average molecular weight is 424 g/mol. The fraction of sp³-hybridized carbons (Fsp3) is 0.111. The van der Waals surface area contributed by atoms with Gasteiger partial charge in [0.15, 0.2) is 0 Å². The minimum absolute atomic E-state index is 0.197. The van der Waals surface area contributed by atoms with Crippen molar-refractivity contribution >= 4 is 40.3 Å². The molecule has 3 aromatic rings. The number of alkyl halides is 3. The maximum atomic E-state index is 13.2. The van der Waals surface area contributed by atoms with E-state index < -0.39 is 22.4 Å². The highest BCUT2D eigenvalue weighted by Crippen LogP contribution is 2.38. The molecule has 3 rings (SSSR count). The van der Waals surface area contributed by atoms with Crippen LogP contribution < -0.4 is 10.6 Å². The number of halogens is 4. The number of rotatable bonds is 5. The summed E-state index contributed by atoms with van der Waals surface area (Å²) >= 11 is 6.06. The zero-order chi connectivity index (χ0) is 21.2. The summed E-state index contributed by atoms with van der Waals surface area (Å²) in [4.78, 5) is 18.4. The molecule has 0 atom stereocenters. The molecule has 0 radical (unpaired) electrons. The third-order valence-electron chi connectivity index (χ3n) is 3.92. The maximum Gasteiger partial charge on any atom is 0.418 e. The van der Waals surface area contributed by atoms with Crippen LogP contribution in [0.3, 0.4) is 0 Å². The van der Waals surface area contributed by atoms with Crippen LogP contribution in [0.25, 0.3) is 0 Å². The zero-order valence-electron chi connectivity index (χ0n) is 14.8. The van der Waals surface area contributed by atoms with Gasteiger partial charge in [-0.05, 0) is 36.8 Å². The largest absolute Gasteiger partial charge is 0.418 e. The van der Waals surface area contributed by atoms with Crippen molar-refractivity contribution in [1.82, 2.24) is 9.97 Å². The standard InChI is InChI=1S/C18H13ClF3N5O2/c1-10-6-7-11(8-13(10)19)25-16-15(27(28)29)17(24-9-23-16)26-14-5-3-2-4-12(14)18(20,21)22/h2-9H,1H3,(H2,23,24,25,26). The Labute approximate surface area is 167 Å². The van der Waals surface area contributed by atoms with Crippen LogP contribution >= 0.6 is 11.6 Å². The highest BCUT2D eigenvalue weighted by Gasteiger charge is 2.34. The second kappa shape index (κ2) is 7.92. The third-order valence-corrected chi connectivity index (χ3v) is 4.33. The molecule has 1 heterocycles. The fourth-order valence-corrected chi connectivity index (χ4v) is 2.69. The number of aromatic nitrogens is 2. The topological polar surface area (TPSA) is 93.0 Å². The summed E-state index contributed by atoms with van der Waals surface area (Å²) in [7, 11) is 0. The van der Waals surface area contributed by atoms with E-state index in [1.54, 1.807) is 25.1 Å². The third kappa shape index (κ3) is 4.54. The van der Waals surface area contributed by atoms with Crippen LogP contribution in [-0.2, 0) is 6.18 Å². The van der Waals surface area contributed by atoms with E-state index in [-0.39, 0.29) is 17.3 Å². The molecule has 0 fully saturated rings. The smallest absolute Gasteiger partial charge is 0.334 e. The van der Waals surface area contributed by atoms with Crippen LogP contribution in [0.5, 0.6) is 0 Å². The number of anilines is 4. The van der Waals surface area contributed by atoms with Crippen LogP contribution in [0, 0.1) is 17.0 Å². The van der Waals surface area contributed by atoms with E-state index >= 15 is 0 Å². The highest BCUT2D eigenvalue weighted by molar-refractivity contribution is 6.31. The number of hydrogen-bond acceptors (Lipinski definition) is 6. The van der Waals surface area contributed by atoms with Gasteiger partial charge in [-0.2, -0.15) is 13.2 Å². The van der Waals surface area contributed by atoms with Gasteiger partial charge in [0.25, 0.3) is 0 Å². The van der Waals surface area contributed by atoms with Crippen LogP contribution in [0.1, 0.15) is 11.1 Å². The number of benzene rings is 2. The number of nitro groups is 1. The quantitative estimate of drug-likeness (QED) is 0.395.